The average Bonchev–Trinajstić information content (AvgIpc) is 2.62. The number of nitrogens with zero attached hydrogens (tertiary/aromatic N) is 1. The molecule has 0 aliphatic carbocycles. The molecule has 0 spiro atoms. The Balaban J connectivity index is 2.15. The molecule has 1 atom stereocenters. The van der Waals surface area contributed by atoms with E-state index in [-0.39, 0.29) is 18.5 Å². The number of para-hydroxylation sites is 1. The van der Waals surface area contributed by atoms with Gasteiger partial charge in [-0.2, -0.15) is 5.10 Å². The first kappa shape index (κ1) is 16.9. The Morgan fingerprint density at radius 1 is 1.09 bits per heavy atom. The third-order valence-corrected chi connectivity index (χ3v) is 3.47. The summed E-state index contributed by atoms with van der Waals surface area (Å²) in [4.78, 5) is 12.6. The van der Waals surface area contributed by atoms with Gasteiger partial charge in [0.1, 0.15) is 5.71 Å². The zero-order chi connectivity index (χ0) is 16.5. The van der Waals surface area contributed by atoms with Gasteiger partial charge in [0.05, 0.1) is 18.4 Å². The van der Waals surface area contributed by atoms with Crippen LogP contribution in [0.2, 0.25) is 0 Å². The Morgan fingerprint density at radius 3 is 2.30 bits per heavy atom. The molecule has 2 rings (SSSR count). The second kappa shape index (κ2) is 8.86. The van der Waals surface area contributed by atoms with Crippen molar-refractivity contribution < 1.29 is 9.53 Å². The van der Waals surface area contributed by atoms with Crippen LogP contribution in [-0.2, 0) is 4.74 Å². The van der Waals surface area contributed by atoms with Crippen LogP contribution in [0.3, 0.4) is 0 Å². The topological polar surface area (TPSA) is 50.7 Å². The van der Waals surface area contributed by atoms with Crippen molar-refractivity contribution in [2.24, 2.45) is 5.10 Å². The summed E-state index contributed by atoms with van der Waals surface area (Å²) >= 11 is 0. The molecule has 4 heteroatoms. The minimum Gasteiger partial charge on any atom is -0.372 e. The fraction of sp³-hybridized carbons (Fsp3) is 0.263. The van der Waals surface area contributed by atoms with Crippen LogP contribution in [-0.4, -0.2) is 24.2 Å². The number of nitrogens with one attached hydrogen (secondary N) is 1. The van der Waals surface area contributed by atoms with E-state index in [1.807, 2.05) is 62.4 Å². The van der Waals surface area contributed by atoms with Gasteiger partial charge in [0.25, 0.3) is 0 Å². The molecule has 0 saturated carbocycles. The summed E-state index contributed by atoms with van der Waals surface area (Å²) < 4.78 is 5.69. The van der Waals surface area contributed by atoms with E-state index in [0.717, 1.165) is 12.1 Å². The van der Waals surface area contributed by atoms with Gasteiger partial charge in [-0.05, 0) is 25.5 Å². The van der Waals surface area contributed by atoms with Gasteiger partial charge in [0, 0.05) is 5.56 Å². The largest absolute Gasteiger partial charge is 0.372 e. The highest BCUT2D eigenvalue weighted by Gasteiger charge is 2.15. The van der Waals surface area contributed by atoms with E-state index >= 15 is 0 Å². The molecule has 2 aromatic carbocycles. The van der Waals surface area contributed by atoms with Crippen LogP contribution >= 0.6 is 0 Å². The number of benzene rings is 2. The molecule has 1 unspecified atom stereocenters. The van der Waals surface area contributed by atoms with Crippen LogP contribution < -0.4 is 5.43 Å². The molecule has 2 aromatic rings. The molecule has 1 N–H and O–H groups in total. The molecule has 0 aromatic heterocycles. The number of anilines is 1. The Kier molecular flexibility index (Phi) is 6.51. The van der Waals surface area contributed by atoms with Crippen LogP contribution in [0.4, 0.5) is 5.69 Å². The van der Waals surface area contributed by atoms with Gasteiger partial charge in [-0.25, -0.2) is 0 Å². The van der Waals surface area contributed by atoms with Gasteiger partial charge in [-0.15, -0.1) is 0 Å². The minimum absolute atomic E-state index is 0.0838. The smallest absolute Gasteiger partial charge is 0.211 e. The maximum Gasteiger partial charge on any atom is 0.211 e. The lowest BCUT2D eigenvalue weighted by Crippen LogP contribution is -2.24. The zero-order valence-corrected chi connectivity index (χ0v) is 13.5. The Bertz CT molecular complexity index is 639. The van der Waals surface area contributed by atoms with Crippen molar-refractivity contribution in [2.45, 2.75) is 26.4 Å². The maximum absolute atomic E-state index is 12.6. The van der Waals surface area contributed by atoms with E-state index in [0.29, 0.717) is 11.3 Å². The van der Waals surface area contributed by atoms with Crippen molar-refractivity contribution >= 4 is 17.2 Å². The molecule has 0 amide bonds. The Morgan fingerprint density at radius 2 is 1.70 bits per heavy atom. The Hall–Kier alpha value is -2.46. The molecule has 0 saturated heterocycles. The van der Waals surface area contributed by atoms with Gasteiger partial charge in [-0.3, -0.25) is 10.2 Å². The summed E-state index contributed by atoms with van der Waals surface area (Å²) in [5.41, 5.74) is 4.72. The van der Waals surface area contributed by atoms with Crippen LogP contribution in [0.1, 0.15) is 30.6 Å². The maximum atomic E-state index is 12.6. The van der Waals surface area contributed by atoms with E-state index in [1.54, 1.807) is 12.1 Å². The number of carbonyl (C=O) groups is 1. The van der Waals surface area contributed by atoms with Crippen molar-refractivity contribution in [1.29, 1.82) is 0 Å². The predicted octanol–water partition coefficient (Wildman–Crippen LogP) is 4.15. The summed E-state index contributed by atoms with van der Waals surface area (Å²) in [5.74, 6) is -0.127. The number of hydrogen-bond acceptors (Lipinski definition) is 4. The molecule has 120 valence electrons. The quantitative estimate of drug-likeness (QED) is 0.452. The third kappa shape index (κ3) is 5.34. The number of ketones is 1. The molecular formula is C19H22N2O2. The van der Waals surface area contributed by atoms with Gasteiger partial charge in [0.2, 0.25) is 5.78 Å². The Labute approximate surface area is 137 Å². The summed E-state index contributed by atoms with van der Waals surface area (Å²) in [6.07, 6.45) is 0.972. The standard InChI is InChI=1S/C19H22N2O2/c1-3-15(2)23-14-18(19(22)16-10-6-4-7-11-16)21-20-17-12-8-5-9-13-17/h4-13,15,20H,3,14H2,1-2H3/b21-18+. The number of carbonyl (C=O) groups excluding carboxylic acids is 1. The molecule has 0 bridgehead atoms. The summed E-state index contributed by atoms with van der Waals surface area (Å²) in [6, 6.07) is 18.7. The molecule has 0 aliphatic rings. The first-order valence-electron chi connectivity index (χ1n) is 7.79. The molecule has 4 nitrogen and oxygen atoms in total. The van der Waals surface area contributed by atoms with Crippen LogP contribution in [0.25, 0.3) is 0 Å². The van der Waals surface area contributed by atoms with Crippen molar-refractivity contribution in [3.63, 3.8) is 0 Å². The van der Waals surface area contributed by atoms with E-state index < -0.39 is 0 Å². The average molecular weight is 310 g/mol. The highest BCUT2D eigenvalue weighted by molar-refractivity contribution is 6.46. The van der Waals surface area contributed by atoms with Crippen molar-refractivity contribution in [3.8, 4) is 0 Å². The summed E-state index contributed by atoms with van der Waals surface area (Å²) in [5, 5.41) is 4.27. The number of Topliss-reactive ketones (excluding diaryl/α,β-unsaturated/α-hetero) is 1. The first-order chi connectivity index (χ1) is 11.2. The highest BCUT2D eigenvalue weighted by Crippen LogP contribution is 2.08. The SMILES string of the molecule is CCC(C)OC/C(=N\Nc1ccccc1)C(=O)c1ccccc1. The van der Waals surface area contributed by atoms with Crippen LogP contribution in [0.5, 0.6) is 0 Å². The van der Waals surface area contributed by atoms with E-state index in [9.17, 15) is 4.79 Å². The van der Waals surface area contributed by atoms with E-state index in [1.165, 1.54) is 0 Å². The zero-order valence-electron chi connectivity index (χ0n) is 13.5. The van der Waals surface area contributed by atoms with Gasteiger partial charge in [0.15, 0.2) is 0 Å². The van der Waals surface area contributed by atoms with Crippen LogP contribution in [0, 0.1) is 0 Å². The lowest BCUT2D eigenvalue weighted by atomic mass is 10.1. The monoisotopic (exact) mass is 310 g/mol. The fourth-order valence-corrected chi connectivity index (χ4v) is 1.89. The van der Waals surface area contributed by atoms with Crippen molar-refractivity contribution in [3.05, 3.63) is 66.2 Å². The third-order valence-electron chi connectivity index (χ3n) is 3.47. The number of hydrogen-bond donors (Lipinski definition) is 1. The number of ether oxygens (including phenoxy) is 1. The number of rotatable bonds is 8. The second-order valence-electron chi connectivity index (χ2n) is 5.26. The van der Waals surface area contributed by atoms with Gasteiger partial charge >= 0.3 is 0 Å². The van der Waals surface area contributed by atoms with Crippen LogP contribution in [0.15, 0.2) is 65.8 Å². The first-order valence-corrected chi connectivity index (χ1v) is 7.79. The van der Waals surface area contributed by atoms with Crippen molar-refractivity contribution in [1.82, 2.24) is 0 Å². The minimum atomic E-state index is -0.127. The van der Waals surface area contributed by atoms with E-state index in [4.69, 9.17) is 4.74 Å². The predicted molar refractivity (Wildman–Crippen MR) is 94.0 cm³/mol. The fourth-order valence-electron chi connectivity index (χ4n) is 1.89. The summed E-state index contributed by atoms with van der Waals surface area (Å²) in [7, 11) is 0. The molecule has 0 fully saturated rings. The molecular weight excluding hydrogens is 288 g/mol. The normalized spacial score (nSPS) is 12.7. The number of hydrazone groups is 1. The second-order valence-corrected chi connectivity index (χ2v) is 5.26. The molecule has 0 heterocycles. The summed E-state index contributed by atoms with van der Waals surface area (Å²) in [6.45, 7) is 4.21. The van der Waals surface area contributed by atoms with E-state index in [2.05, 4.69) is 10.5 Å². The van der Waals surface area contributed by atoms with Gasteiger partial charge in [-0.1, -0.05) is 55.5 Å². The molecule has 23 heavy (non-hydrogen) atoms. The molecule has 0 radical (unpaired) electrons. The van der Waals surface area contributed by atoms with Gasteiger partial charge < -0.3 is 4.74 Å². The van der Waals surface area contributed by atoms with Crippen molar-refractivity contribution in [2.75, 3.05) is 12.0 Å². The lowest BCUT2D eigenvalue weighted by Gasteiger charge is -2.12. The lowest BCUT2D eigenvalue weighted by molar-refractivity contribution is 0.0880. The highest BCUT2D eigenvalue weighted by atomic mass is 16.5. The molecule has 0 aliphatic heterocycles.